The SMILES string of the molecule is N#Cc1ccc(Nc2cc(NC3CC3)n3ncc(/C=C4\NC(=O)NC4=O)c3n2)c(F)c1. The van der Waals surface area contributed by atoms with E-state index >= 15 is 0 Å². The quantitative estimate of drug-likeness (QED) is 0.368. The average Bonchev–Trinajstić information content (AvgIpc) is 3.38. The van der Waals surface area contributed by atoms with Crippen molar-refractivity contribution in [3.8, 4) is 6.07 Å². The molecule has 2 aliphatic rings. The van der Waals surface area contributed by atoms with Gasteiger partial charge in [-0.1, -0.05) is 0 Å². The number of benzene rings is 1. The van der Waals surface area contributed by atoms with Gasteiger partial charge in [-0.25, -0.2) is 14.2 Å². The molecule has 0 radical (unpaired) electrons. The first kappa shape index (κ1) is 18.6. The van der Waals surface area contributed by atoms with Gasteiger partial charge in [0.1, 0.15) is 23.1 Å². The Morgan fingerprint density at radius 3 is 2.77 bits per heavy atom. The fourth-order valence-electron chi connectivity index (χ4n) is 3.15. The number of rotatable bonds is 5. The molecule has 3 aromatic rings. The molecule has 31 heavy (non-hydrogen) atoms. The van der Waals surface area contributed by atoms with Crippen molar-refractivity contribution in [1.82, 2.24) is 25.2 Å². The molecule has 0 bridgehead atoms. The van der Waals surface area contributed by atoms with Crippen LogP contribution in [0, 0.1) is 17.1 Å². The number of nitrogens with zero attached hydrogens (tertiary/aromatic N) is 4. The van der Waals surface area contributed by atoms with Crippen LogP contribution in [0.5, 0.6) is 0 Å². The summed E-state index contributed by atoms with van der Waals surface area (Å²) in [4.78, 5) is 27.8. The van der Waals surface area contributed by atoms with Crippen LogP contribution in [-0.4, -0.2) is 32.6 Å². The largest absolute Gasteiger partial charge is 0.367 e. The molecule has 0 unspecified atom stereocenters. The predicted molar refractivity (Wildman–Crippen MR) is 109 cm³/mol. The number of imide groups is 1. The topological polar surface area (TPSA) is 136 Å². The number of amides is 3. The highest BCUT2D eigenvalue weighted by molar-refractivity contribution is 6.14. The zero-order valence-electron chi connectivity index (χ0n) is 15.9. The molecule has 1 saturated heterocycles. The van der Waals surface area contributed by atoms with Gasteiger partial charge in [-0.15, -0.1) is 0 Å². The number of hydrogen-bond acceptors (Lipinski definition) is 7. The molecule has 1 aliphatic heterocycles. The second-order valence-corrected chi connectivity index (χ2v) is 7.18. The Labute approximate surface area is 174 Å². The lowest BCUT2D eigenvalue weighted by Gasteiger charge is -2.12. The summed E-state index contributed by atoms with van der Waals surface area (Å²) in [5.74, 6) is -0.138. The van der Waals surface area contributed by atoms with Crippen molar-refractivity contribution in [3.05, 3.63) is 53.1 Å². The molecule has 3 amide bonds. The molecule has 1 aromatic carbocycles. The number of hydrogen-bond donors (Lipinski definition) is 4. The van der Waals surface area contributed by atoms with Crippen molar-refractivity contribution in [1.29, 1.82) is 5.26 Å². The fourth-order valence-corrected chi connectivity index (χ4v) is 3.15. The normalized spacial score (nSPS) is 16.8. The minimum absolute atomic E-state index is 0.0786. The molecule has 2 fully saturated rings. The van der Waals surface area contributed by atoms with Gasteiger partial charge in [-0.05, 0) is 37.1 Å². The first-order chi connectivity index (χ1) is 15.0. The second-order valence-electron chi connectivity index (χ2n) is 7.18. The van der Waals surface area contributed by atoms with Crippen molar-refractivity contribution in [2.75, 3.05) is 10.6 Å². The lowest BCUT2D eigenvalue weighted by molar-refractivity contribution is -0.115. The van der Waals surface area contributed by atoms with Gasteiger partial charge in [0.2, 0.25) is 0 Å². The van der Waals surface area contributed by atoms with Gasteiger partial charge >= 0.3 is 6.03 Å². The summed E-state index contributed by atoms with van der Waals surface area (Å²) < 4.78 is 15.9. The lowest BCUT2D eigenvalue weighted by atomic mass is 10.2. The van der Waals surface area contributed by atoms with E-state index in [2.05, 4.69) is 31.3 Å². The standard InChI is InChI=1S/C20H15FN8O2/c21-13-5-10(8-22)1-4-14(13)25-16-7-17(24-12-2-3-12)29-18(27-16)11(9-23-29)6-15-19(30)28-20(31)26-15/h1,4-7,9,12,24H,2-3H2,(H,25,27)(H2,26,28,30,31)/b15-6-. The molecule has 4 N–H and O–H groups in total. The molecule has 154 valence electrons. The van der Waals surface area contributed by atoms with Crippen LogP contribution in [0.25, 0.3) is 11.7 Å². The average molecular weight is 418 g/mol. The molecule has 2 aromatic heterocycles. The van der Waals surface area contributed by atoms with Crippen LogP contribution < -0.4 is 21.3 Å². The lowest BCUT2D eigenvalue weighted by Crippen LogP contribution is -2.22. The number of halogens is 1. The molecule has 10 nitrogen and oxygen atoms in total. The third kappa shape index (κ3) is 3.62. The molecule has 1 saturated carbocycles. The number of nitriles is 1. The first-order valence-corrected chi connectivity index (χ1v) is 9.46. The monoisotopic (exact) mass is 418 g/mol. The maximum absolute atomic E-state index is 14.4. The maximum Gasteiger partial charge on any atom is 0.326 e. The number of carbonyl (C=O) groups is 2. The number of nitrogens with one attached hydrogen (secondary N) is 4. The Morgan fingerprint density at radius 1 is 1.26 bits per heavy atom. The van der Waals surface area contributed by atoms with Crippen molar-refractivity contribution >= 4 is 41.0 Å². The predicted octanol–water partition coefficient (Wildman–Crippen LogP) is 2.24. The van der Waals surface area contributed by atoms with Crippen LogP contribution in [0.4, 0.5) is 26.5 Å². The molecule has 1 aliphatic carbocycles. The summed E-state index contributed by atoms with van der Waals surface area (Å²) >= 11 is 0. The zero-order chi connectivity index (χ0) is 21.5. The van der Waals surface area contributed by atoms with E-state index in [0.29, 0.717) is 28.9 Å². The number of aromatic nitrogens is 3. The smallest absolute Gasteiger partial charge is 0.326 e. The van der Waals surface area contributed by atoms with Gasteiger partial charge in [0, 0.05) is 17.7 Å². The van der Waals surface area contributed by atoms with E-state index in [0.717, 1.165) is 18.9 Å². The molecule has 0 spiro atoms. The van der Waals surface area contributed by atoms with E-state index < -0.39 is 17.8 Å². The van der Waals surface area contributed by atoms with Crippen LogP contribution in [-0.2, 0) is 4.79 Å². The zero-order valence-corrected chi connectivity index (χ0v) is 15.9. The minimum atomic E-state index is -0.601. The Balaban J connectivity index is 1.57. The van der Waals surface area contributed by atoms with Crippen molar-refractivity contribution < 1.29 is 14.0 Å². The molecule has 3 heterocycles. The number of anilines is 3. The van der Waals surface area contributed by atoms with Crippen LogP contribution in [0.1, 0.15) is 24.0 Å². The van der Waals surface area contributed by atoms with E-state index in [1.807, 2.05) is 6.07 Å². The number of urea groups is 1. The van der Waals surface area contributed by atoms with Gasteiger partial charge in [0.05, 0.1) is 23.5 Å². The summed E-state index contributed by atoms with van der Waals surface area (Å²) in [5.41, 5.74) is 1.35. The summed E-state index contributed by atoms with van der Waals surface area (Å²) in [5, 5.41) is 24.1. The van der Waals surface area contributed by atoms with E-state index in [1.54, 1.807) is 10.6 Å². The van der Waals surface area contributed by atoms with Crippen LogP contribution in [0.3, 0.4) is 0 Å². The van der Waals surface area contributed by atoms with Crippen molar-refractivity contribution in [2.45, 2.75) is 18.9 Å². The Kier molecular flexibility index (Phi) is 4.25. The van der Waals surface area contributed by atoms with Gasteiger partial charge in [0.15, 0.2) is 5.65 Å². The summed E-state index contributed by atoms with van der Waals surface area (Å²) in [6.07, 6.45) is 5.06. The highest BCUT2D eigenvalue weighted by Gasteiger charge is 2.25. The van der Waals surface area contributed by atoms with Gasteiger partial charge in [-0.3, -0.25) is 10.1 Å². The molecule has 11 heteroatoms. The van der Waals surface area contributed by atoms with Crippen molar-refractivity contribution in [3.63, 3.8) is 0 Å². The summed E-state index contributed by atoms with van der Waals surface area (Å²) in [6, 6.07) is 7.42. The van der Waals surface area contributed by atoms with Crippen LogP contribution in [0.15, 0.2) is 36.2 Å². The summed E-state index contributed by atoms with van der Waals surface area (Å²) in [7, 11) is 0. The highest BCUT2D eigenvalue weighted by atomic mass is 19.1. The molecular weight excluding hydrogens is 403 g/mol. The molecular formula is C20H15FN8O2. The number of carbonyl (C=O) groups excluding carboxylic acids is 2. The van der Waals surface area contributed by atoms with Gasteiger partial charge in [0.25, 0.3) is 5.91 Å². The van der Waals surface area contributed by atoms with E-state index in [4.69, 9.17) is 5.26 Å². The molecule has 5 rings (SSSR count). The van der Waals surface area contributed by atoms with Gasteiger partial charge in [-0.2, -0.15) is 14.9 Å². The third-order valence-electron chi connectivity index (χ3n) is 4.81. The van der Waals surface area contributed by atoms with Crippen molar-refractivity contribution in [2.24, 2.45) is 0 Å². The Hall–Kier alpha value is -4.46. The van der Waals surface area contributed by atoms with E-state index in [-0.39, 0.29) is 16.9 Å². The Morgan fingerprint density at radius 2 is 2.10 bits per heavy atom. The maximum atomic E-state index is 14.4. The van der Waals surface area contributed by atoms with E-state index in [9.17, 15) is 14.0 Å². The highest BCUT2D eigenvalue weighted by Crippen LogP contribution is 2.29. The minimum Gasteiger partial charge on any atom is -0.367 e. The van der Waals surface area contributed by atoms with Gasteiger partial charge < -0.3 is 16.0 Å². The Bertz CT molecular complexity index is 1320. The molecule has 0 atom stereocenters. The second kappa shape index (κ2) is 7.10. The fraction of sp³-hybridized carbons (Fsp3) is 0.150. The van der Waals surface area contributed by atoms with Crippen LogP contribution in [0.2, 0.25) is 0 Å². The third-order valence-corrected chi connectivity index (χ3v) is 4.81. The van der Waals surface area contributed by atoms with E-state index in [1.165, 1.54) is 24.4 Å². The summed E-state index contributed by atoms with van der Waals surface area (Å²) in [6.45, 7) is 0. The van der Waals surface area contributed by atoms with Crippen LogP contribution >= 0.6 is 0 Å². The first-order valence-electron chi connectivity index (χ1n) is 9.46. The number of fused-ring (bicyclic) bond motifs is 1.